The number of amidine groups is 1. The van der Waals surface area contributed by atoms with Crippen LogP contribution >= 0.6 is 0 Å². The zero-order valence-electron chi connectivity index (χ0n) is 10.8. The average Bonchev–Trinajstić information content (AvgIpc) is 2.28. The van der Waals surface area contributed by atoms with Gasteiger partial charge in [0.1, 0.15) is 5.84 Å². The second kappa shape index (κ2) is 6.13. The van der Waals surface area contributed by atoms with Crippen molar-refractivity contribution < 1.29 is 5.21 Å². The second-order valence-electron chi connectivity index (χ2n) is 4.41. The number of aryl methyl sites for hydroxylation is 2. The van der Waals surface area contributed by atoms with E-state index in [0.717, 1.165) is 13.0 Å². The molecule has 94 valence electrons. The molecule has 0 bridgehead atoms. The minimum Gasteiger partial charge on any atom is -0.409 e. The number of oxime groups is 1. The molecule has 0 saturated carbocycles. The third-order valence-corrected chi connectivity index (χ3v) is 2.82. The van der Waals surface area contributed by atoms with Gasteiger partial charge in [0.25, 0.3) is 0 Å². The lowest BCUT2D eigenvalue weighted by Crippen LogP contribution is -2.21. The maximum atomic E-state index is 8.44. The monoisotopic (exact) mass is 235 g/mol. The highest BCUT2D eigenvalue weighted by atomic mass is 16.4. The first-order valence-electron chi connectivity index (χ1n) is 5.79. The number of nitrogens with zero attached hydrogens (tertiary/aromatic N) is 2. The van der Waals surface area contributed by atoms with Crippen molar-refractivity contribution in [1.82, 2.24) is 0 Å². The highest BCUT2D eigenvalue weighted by molar-refractivity contribution is 5.79. The molecule has 0 aliphatic rings. The summed E-state index contributed by atoms with van der Waals surface area (Å²) in [6.45, 7) is 5.09. The van der Waals surface area contributed by atoms with Crippen molar-refractivity contribution in [2.24, 2.45) is 10.9 Å². The summed E-state index contributed by atoms with van der Waals surface area (Å²) < 4.78 is 0. The zero-order chi connectivity index (χ0) is 12.8. The van der Waals surface area contributed by atoms with Gasteiger partial charge in [0, 0.05) is 25.7 Å². The molecule has 3 N–H and O–H groups in total. The smallest absolute Gasteiger partial charge is 0.139 e. The number of hydrogen-bond acceptors (Lipinski definition) is 3. The van der Waals surface area contributed by atoms with Crippen molar-refractivity contribution >= 4 is 11.5 Å². The maximum absolute atomic E-state index is 8.44. The SMILES string of the molecule is Cc1ccc(N(C)CCCC(N)=NO)c(C)c1. The predicted molar refractivity (Wildman–Crippen MR) is 71.8 cm³/mol. The van der Waals surface area contributed by atoms with Crippen LogP contribution in [0.5, 0.6) is 0 Å². The van der Waals surface area contributed by atoms with Crippen molar-refractivity contribution in [3.8, 4) is 0 Å². The van der Waals surface area contributed by atoms with E-state index in [4.69, 9.17) is 10.9 Å². The first-order valence-corrected chi connectivity index (χ1v) is 5.79. The Morgan fingerprint density at radius 3 is 2.71 bits per heavy atom. The quantitative estimate of drug-likeness (QED) is 0.356. The summed E-state index contributed by atoms with van der Waals surface area (Å²) in [7, 11) is 2.06. The van der Waals surface area contributed by atoms with Crippen LogP contribution in [0.4, 0.5) is 5.69 Å². The summed E-state index contributed by atoms with van der Waals surface area (Å²) >= 11 is 0. The van der Waals surface area contributed by atoms with E-state index >= 15 is 0 Å². The van der Waals surface area contributed by atoms with Gasteiger partial charge in [-0.3, -0.25) is 0 Å². The van der Waals surface area contributed by atoms with Crippen LogP contribution < -0.4 is 10.6 Å². The molecule has 0 atom stereocenters. The lowest BCUT2D eigenvalue weighted by Gasteiger charge is -2.21. The average molecular weight is 235 g/mol. The fraction of sp³-hybridized carbons (Fsp3) is 0.462. The molecule has 0 saturated heterocycles. The minimum absolute atomic E-state index is 0.291. The molecule has 0 spiro atoms. The van der Waals surface area contributed by atoms with Crippen LogP contribution in [0, 0.1) is 13.8 Å². The Hall–Kier alpha value is -1.71. The van der Waals surface area contributed by atoms with Gasteiger partial charge in [-0.15, -0.1) is 0 Å². The van der Waals surface area contributed by atoms with Crippen LogP contribution in [0.2, 0.25) is 0 Å². The molecule has 4 heteroatoms. The van der Waals surface area contributed by atoms with Crippen LogP contribution in [0.15, 0.2) is 23.4 Å². The van der Waals surface area contributed by atoms with E-state index in [9.17, 15) is 0 Å². The molecular weight excluding hydrogens is 214 g/mol. The number of hydrogen-bond donors (Lipinski definition) is 2. The molecule has 0 aliphatic carbocycles. The van der Waals surface area contributed by atoms with E-state index in [0.29, 0.717) is 12.3 Å². The van der Waals surface area contributed by atoms with Gasteiger partial charge < -0.3 is 15.8 Å². The van der Waals surface area contributed by atoms with E-state index in [1.54, 1.807) is 0 Å². The number of nitrogens with two attached hydrogens (primary N) is 1. The predicted octanol–water partition coefficient (Wildman–Crippen LogP) is 2.27. The van der Waals surface area contributed by atoms with Crippen molar-refractivity contribution in [1.29, 1.82) is 0 Å². The summed E-state index contributed by atoms with van der Waals surface area (Å²) in [6.07, 6.45) is 1.49. The highest BCUT2D eigenvalue weighted by Gasteiger charge is 2.04. The van der Waals surface area contributed by atoms with Gasteiger partial charge in [-0.2, -0.15) is 0 Å². The number of rotatable bonds is 5. The molecule has 0 heterocycles. The normalized spacial score (nSPS) is 11.6. The molecule has 0 amide bonds. The van der Waals surface area contributed by atoms with Gasteiger partial charge in [-0.05, 0) is 31.9 Å². The molecule has 0 radical (unpaired) electrons. The standard InChI is InChI=1S/C13H21N3O/c1-10-6-7-12(11(2)9-10)16(3)8-4-5-13(14)15-17/h6-7,9,17H,4-5,8H2,1-3H3,(H2,14,15). The lowest BCUT2D eigenvalue weighted by molar-refractivity contribution is 0.316. The van der Waals surface area contributed by atoms with Crippen LogP contribution in [0.25, 0.3) is 0 Å². The van der Waals surface area contributed by atoms with Gasteiger partial charge in [-0.1, -0.05) is 22.9 Å². The van der Waals surface area contributed by atoms with E-state index in [1.165, 1.54) is 16.8 Å². The molecule has 0 aromatic heterocycles. The molecular formula is C13H21N3O. The van der Waals surface area contributed by atoms with Gasteiger partial charge in [0.05, 0.1) is 0 Å². The summed E-state index contributed by atoms with van der Waals surface area (Å²) in [6, 6.07) is 6.42. The highest BCUT2D eigenvalue weighted by Crippen LogP contribution is 2.20. The van der Waals surface area contributed by atoms with Gasteiger partial charge in [0.15, 0.2) is 0 Å². The summed E-state index contributed by atoms with van der Waals surface area (Å²) in [5, 5.41) is 11.4. The summed E-state index contributed by atoms with van der Waals surface area (Å²) in [5.74, 6) is 0.291. The summed E-state index contributed by atoms with van der Waals surface area (Å²) in [5.41, 5.74) is 9.21. The largest absolute Gasteiger partial charge is 0.409 e. The Morgan fingerprint density at radius 2 is 2.12 bits per heavy atom. The zero-order valence-corrected chi connectivity index (χ0v) is 10.8. The van der Waals surface area contributed by atoms with E-state index in [-0.39, 0.29) is 0 Å². The van der Waals surface area contributed by atoms with E-state index in [1.807, 2.05) is 0 Å². The molecule has 4 nitrogen and oxygen atoms in total. The van der Waals surface area contributed by atoms with E-state index in [2.05, 4.69) is 49.1 Å². The van der Waals surface area contributed by atoms with Crippen molar-refractivity contribution in [3.63, 3.8) is 0 Å². The minimum atomic E-state index is 0.291. The fourth-order valence-electron chi connectivity index (χ4n) is 1.90. The molecule has 0 unspecified atom stereocenters. The number of anilines is 1. The molecule has 1 rings (SSSR count). The molecule has 1 aromatic carbocycles. The van der Waals surface area contributed by atoms with Gasteiger partial charge in [0.2, 0.25) is 0 Å². The van der Waals surface area contributed by atoms with Crippen LogP contribution in [-0.4, -0.2) is 24.6 Å². The molecule has 0 aliphatic heterocycles. The van der Waals surface area contributed by atoms with Crippen LogP contribution in [0.3, 0.4) is 0 Å². The Bertz CT molecular complexity index is 402. The fourth-order valence-corrected chi connectivity index (χ4v) is 1.90. The Kier molecular flexibility index (Phi) is 4.82. The van der Waals surface area contributed by atoms with Crippen molar-refractivity contribution in [3.05, 3.63) is 29.3 Å². The topological polar surface area (TPSA) is 61.8 Å². The second-order valence-corrected chi connectivity index (χ2v) is 4.41. The maximum Gasteiger partial charge on any atom is 0.139 e. The third-order valence-electron chi connectivity index (χ3n) is 2.82. The third kappa shape index (κ3) is 3.98. The Balaban J connectivity index is 2.55. The van der Waals surface area contributed by atoms with Gasteiger partial charge >= 0.3 is 0 Å². The molecule has 0 fully saturated rings. The first kappa shape index (κ1) is 13.4. The Morgan fingerprint density at radius 1 is 1.41 bits per heavy atom. The van der Waals surface area contributed by atoms with Crippen LogP contribution in [-0.2, 0) is 0 Å². The Labute approximate surface area is 103 Å². The van der Waals surface area contributed by atoms with Crippen molar-refractivity contribution in [2.45, 2.75) is 26.7 Å². The summed E-state index contributed by atoms with van der Waals surface area (Å²) in [4.78, 5) is 2.19. The van der Waals surface area contributed by atoms with Crippen molar-refractivity contribution in [2.75, 3.05) is 18.5 Å². The van der Waals surface area contributed by atoms with Crippen LogP contribution in [0.1, 0.15) is 24.0 Å². The molecule has 1 aromatic rings. The van der Waals surface area contributed by atoms with Gasteiger partial charge in [-0.25, -0.2) is 0 Å². The molecule has 17 heavy (non-hydrogen) atoms. The first-order chi connectivity index (χ1) is 8.04. The lowest BCUT2D eigenvalue weighted by atomic mass is 10.1. The number of benzene rings is 1. The van der Waals surface area contributed by atoms with E-state index < -0.39 is 0 Å².